The highest BCUT2D eigenvalue weighted by molar-refractivity contribution is 7.15. The van der Waals surface area contributed by atoms with Crippen molar-refractivity contribution in [3.05, 3.63) is 40.9 Å². The smallest absolute Gasteiger partial charge is 0.427 e. The van der Waals surface area contributed by atoms with Gasteiger partial charge in [0.25, 0.3) is 0 Å². The van der Waals surface area contributed by atoms with Gasteiger partial charge in [0, 0.05) is 0 Å². The lowest BCUT2D eigenvalue weighted by atomic mass is 10.1. The van der Waals surface area contributed by atoms with E-state index in [4.69, 9.17) is 0 Å². The monoisotopic (exact) mass is 288 g/mol. The van der Waals surface area contributed by atoms with Crippen LogP contribution in [-0.4, -0.2) is 10.1 Å². The minimum atomic E-state index is -4.37. The molecule has 1 atom stereocenters. The van der Waals surface area contributed by atoms with E-state index in [2.05, 4.69) is 10.3 Å². The van der Waals surface area contributed by atoms with E-state index in [1.165, 1.54) is 6.07 Å². The quantitative estimate of drug-likeness (QED) is 0.896. The molecule has 2 rings (SSSR count). The maximum absolute atomic E-state index is 12.4. The second-order valence-corrected chi connectivity index (χ2v) is 5.02. The maximum Gasteiger partial charge on any atom is 0.427 e. The Hall–Kier alpha value is -1.76. The largest absolute Gasteiger partial charge is 0.508 e. The molecule has 0 radical (unpaired) electrons. The van der Waals surface area contributed by atoms with Crippen LogP contribution >= 0.6 is 11.3 Å². The second kappa shape index (κ2) is 5.08. The van der Waals surface area contributed by atoms with E-state index in [1.54, 1.807) is 25.1 Å². The Kier molecular flexibility index (Phi) is 3.66. The number of halogens is 3. The Morgan fingerprint density at radius 3 is 2.68 bits per heavy atom. The summed E-state index contributed by atoms with van der Waals surface area (Å²) in [6.07, 6.45) is -3.56. The number of phenols is 1. The number of thiazole rings is 1. The van der Waals surface area contributed by atoms with E-state index < -0.39 is 11.1 Å². The third-order valence-electron chi connectivity index (χ3n) is 2.50. The number of hydrogen-bond donors (Lipinski definition) is 2. The van der Waals surface area contributed by atoms with Crippen LogP contribution in [-0.2, 0) is 6.18 Å². The Bertz CT molecular complexity index is 568. The Balaban J connectivity index is 2.11. The number of alkyl halides is 3. The molecule has 7 heteroatoms. The minimum Gasteiger partial charge on any atom is -0.508 e. The van der Waals surface area contributed by atoms with Crippen LogP contribution in [0.1, 0.15) is 23.4 Å². The molecule has 0 saturated carbocycles. The fourth-order valence-corrected chi connectivity index (χ4v) is 2.31. The summed E-state index contributed by atoms with van der Waals surface area (Å²) >= 11 is 0.557. The molecular weight excluding hydrogens is 277 g/mol. The standard InChI is InChI=1S/C12H11F3N2OS/c1-7(8-3-2-4-9(18)5-8)17-11-16-6-10(19-11)12(13,14)15/h2-7,18H,1H3,(H,16,17). The van der Waals surface area contributed by atoms with Crippen LogP contribution in [0.15, 0.2) is 30.5 Å². The number of nitrogens with one attached hydrogen (secondary N) is 1. The van der Waals surface area contributed by atoms with Gasteiger partial charge in [-0.3, -0.25) is 0 Å². The van der Waals surface area contributed by atoms with E-state index >= 15 is 0 Å². The van der Waals surface area contributed by atoms with Crippen molar-refractivity contribution in [2.75, 3.05) is 5.32 Å². The zero-order valence-electron chi connectivity index (χ0n) is 9.90. The lowest BCUT2D eigenvalue weighted by molar-refractivity contribution is -0.134. The zero-order chi connectivity index (χ0) is 14.0. The Morgan fingerprint density at radius 2 is 2.11 bits per heavy atom. The maximum atomic E-state index is 12.4. The molecule has 0 fully saturated rings. The van der Waals surface area contributed by atoms with Crippen molar-refractivity contribution >= 4 is 16.5 Å². The second-order valence-electron chi connectivity index (χ2n) is 3.99. The predicted molar refractivity (Wildman–Crippen MR) is 67.3 cm³/mol. The molecule has 0 aliphatic carbocycles. The fraction of sp³-hybridized carbons (Fsp3) is 0.250. The first kappa shape index (κ1) is 13.7. The number of rotatable bonds is 3. The summed E-state index contributed by atoms with van der Waals surface area (Å²) < 4.78 is 37.3. The average molecular weight is 288 g/mol. The van der Waals surface area contributed by atoms with E-state index in [-0.39, 0.29) is 16.9 Å². The molecule has 1 heterocycles. The molecule has 0 saturated heterocycles. The van der Waals surface area contributed by atoms with Gasteiger partial charge in [0.05, 0.1) is 12.2 Å². The molecule has 0 aliphatic heterocycles. The molecule has 19 heavy (non-hydrogen) atoms. The van der Waals surface area contributed by atoms with Crippen molar-refractivity contribution in [3.8, 4) is 5.75 Å². The van der Waals surface area contributed by atoms with Crippen LogP contribution in [0.5, 0.6) is 5.75 Å². The first-order valence-corrected chi connectivity index (χ1v) is 6.26. The van der Waals surface area contributed by atoms with Gasteiger partial charge in [-0.15, -0.1) is 0 Å². The topological polar surface area (TPSA) is 45.2 Å². The summed E-state index contributed by atoms with van der Waals surface area (Å²) in [5.74, 6) is 0.112. The van der Waals surface area contributed by atoms with Gasteiger partial charge in [0.2, 0.25) is 0 Å². The molecule has 1 unspecified atom stereocenters. The number of hydrogen-bond acceptors (Lipinski definition) is 4. The lowest BCUT2D eigenvalue weighted by Gasteiger charge is -2.13. The molecular formula is C12H11F3N2OS. The van der Waals surface area contributed by atoms with Crippen molar-refractivity contribution in [1.82, 2.24) is 4.98 Å². The van der Waals surface area contributed by atoms with Crippen LogP contribution in [0.3, 0.4) is 0 Å². The molecule has 2 N–H and O–H groups in total. The highest BCUT2D eigenvalue weighted by atomic mass is 32.1. The Labute approximate surface area is 111 Å². The van der Waals surface area contributed by atoms with Gasteiger partial charge in [0.1, 0.15) is 10.6 Å². The van der Waals surface area contributed by atoms with E-state index in [1.807, 2.05) is 0 Å². The molecule has 2 aromatic rings. The SMILES string of the molecule is CC(Nc1ncc(C(F)(F)F)s1)c1cccc(O)c1. The van der Waals surface area contributed by atoms with Crippen molar-refractivity contribution in [2.24, 2.45) is 0 Å². The number of phenolic OH excluding ortho intramolecular Hbond substituents is 1. The number of nitrogens with zero attached hydrogens (tertiary/aromatic N) is 1. The van der Waals surface area contributed by atoms with Gasteiger partial charge in [-0.05, 0) is 24.6 Å². The van der Waals surface area contributed by atoms with Gasteiger partial charge >= 0.3 is 6.18 Å². The number of aromatic hydroxyl groups is 1. The van der Waals surface area contributed by atoms with Crippen LogP contribution in [0.25, 0.3) is 0 Å². The molecule has 3 nitrogen and oxygen atoms in total. The van der Waals surface area contributed by atoms with Crippen LogP contribution in [0.2, 0.25) is 0 Å². The normalized spacial score (nSPS) is 13.3. The number of anilines is 1. The van der Waals surface area contributed by atoms with Crippen molar-refractivity contribution in [3.63, 3.8) is 0 Å². The highest BCUT2D eigenvalue weighted by Crippen LogP contribution is 2.36. The molecule has 102 valence electrons. The first-order valence-electron chi connectivity index (χ1n) is 5.45. The molecule has 0 spiro atoms. The molecule has 0 aliphatic rings. The summed E-state index contributed by atoms with van der Waals surface area (Å²) in [4.78, 5) is 2.96. The van der Waals surface area contributed by atoms with Crippen LogP contribution < -0.4 is 5.32 Å². The van der Waals surface area contributed by atoms with Gasteiger partial charge in [-0.1, -0.05) is 23.5 Å². The molecule has 1 aromatic carbocycles. The molecule has 0 bridgehead atoms. The third kappa shape index (κ3) is 3.37. The lowest BCUT2D eigenvalue weighted by Crippen LogP contribution is -2.05. The number of benzene rings is 1. The fourth-order valence-electron chi connectivity index (χ4n) is 1.53. The Morgan fingerprint density at radius 1 is 1.37 bits per heavy atom. The van der Waals surface area contributed by atoms with Crippen molar-refractivity contribution in [1.29, 1.82) is 0 Å². The van der Waals surface area contributed by atoms with Crippen molar-refractivity contribution in [2.45, 2.75) is 19.1 Å². The number of aromatic nitrogens is 1. The minimum absolute atomic E-state index is 0.112. The van der Waals surface area contributed by atoms with E-state index in [9.17, 15) is 18.3 Å². The van der Waals surface area contributed by atoms with Gasteiger partial charge in [-0.25, -0.2) is 4.98 Å². The van der Waals surface area contributed by atoms with Crippen molar-refractivity contribution < 1.29 is 18.3 Å². The van der Waals surface area contributed by atoms with E-state index in [0.29, 0.717) is 11.3 Å². The summed E-state index contributed by atoms with van der Waals surface area (Å²) in [5.41, 5.74) is 0.767. The summed E-state index contributed by atoms with van der Waals surface area (Å²) in [6, 6.07) is 6.28. The summed E-state index contributed by atoms with van der Waals surface area (Å²) in [6.45, 7) is 1.78. The summed E-state index contributed by atoms with van der Waals surface area (Å²) in [7, 11) is 0. The predicted octanol–water partition coefficient (Wildman–Crippen LogP) is 4.04. The average Bonchev–Trinajstić information content (AvgIpc) is 2.77. The van der Waals surface area contributed by atoms with Gasteiger partial charge < -0.3 is 10.4 Å². The molecule has 0 amide bonds. The molecule has 1 aromatic heterocycles. The first-order chi connectivity index (χ1) is 8.86. The van der Waals surface area contributed by atoms with Crippen LogP contribution in [0, 0.1) is 0 Å². The van der Waals surface area contributed by atoms with Gasteiger partial charge in [0.15, 0.2) is 5.13 Å². The van der Waals surface area contributed by atoms with Crippen LogP contribution in [0.4, 0.5) is 18.3 Å². The van der Waals surface area contributed by atoms with Gasteiger partial charge in [-0.2, -0.15) is 13.2 Å². The third-order valence-corrected chi connectivity index (χ3v) is 3.47. The van der Waals surface area contributed by atoms with E-state index in [0.717, 1.165) is 11.8 Å². The zero-order valence-corrected chi connectivity index (χ0v) is 10.7. The summed E-state index contributed by atoms with van der Waals surface area (Å²) in [5, 5.41) is 12.4. The highest BCUT2D eigenvalue weighted by Gasteiger charge is 2.33.